The molecule has 0 aliphatic rings. The fraction of sp³-hybridized carbons (Fsp3) is 0.115. The maximum Gasteiger partial charge on any atom is 0.219 e. The lowest BCUT2D eigenvalue weighted by Crippen LogP contribution is -2.01. The summed E-state index contributed by atoms with van der Waals surface area (Å²) in [5.41, 5.74) is 7.33. The summed E-state index contributed by atoms with van der Waals surface area (Å²) < 4.78 is 1.75. The second-order valence-corrected chi connectivity index (χ2v) is 7.71. The van der Waals surface area contributed by atoms with E-state index < -0.39 is 0 Å². The van der Waals surface area contributed by atoms with E-state index in [2.05, 4.69) is 48.3 Å². The predicted molar refractivity (Wildman–Crippen MR) is 121 cm³/mol. The van der Waals surface area contributed by atoms with Crippen molar-refractivity contribution >= 4 is 5.65 Å². The third-order valence-electron chi connectivity index (χ3n) is 5.40. The van der Waals surface area contributed by atoms with Crippen LogP contribution in [0.25, 0.3) is 16.9 Å². The van der Waals surface area contributed by atoms with Gasteiger partial charge in [0.25, 0.3) is 0 Å². The quantitative estimate of drug-likeness (QED) is 0.447. The Morgan fingerprint density at radius 3 is 2.19 bits per heavy atom. The van der Waals surface area contributed by atoms with Crippen LogP contribution in [0, 0.1) is 6.92 Å². The highest BCUT2D eigenvalue weighted by atomic mass is 16.3. The molecule has 31 heavy (non-hydrogen) atoms. The smallest absolute Gasteiger partial charge is 0.219 e. The fourth-order valence-corrected chi connectivity index (χ4v) is 3.73. The van der Waals surface area contributed by atoms with Crippen molar-refractivity contribution in [2.24, 2.45) is 0 Å². The van der Waals surface area contributed by atoms with E-state index in [0.29, 0.717) is 24.2 Å². The first-order valence-electron chi connectivity index (χ1n) is 10.3. The van der Waals surface area contributed by atoms with Crippen LogP contribution < -0.4 is 0 Å². The lowest BCUT2D eigenvalue weighted by molar-refractivity contribution is 0.442. The minimum absolute atomic E-state index is 0.155. The molecule has 0 amide bonds. The Kier molecular flexibility index (Phi) is 4.92. The van der Waals surface area contributed by atoms with Gasteiger partial charge in [0.05, 0.1) is 11.4 Å². The van der Waals surface area contributed by atoms with Crippen molar-refractivity contribution in [1.29, 1.82) is 0 Å². The zero-order valence-corrected chi connectivity index (χ0v) is 17.2. The van der Waals surface area contributed by atoms with Gasteiger partial charge in [-0.05, 0) is 30.2 Å². The number of aromatic nitrogens is 4. The summed E-state index contributed by atoms with van der Waals surface area (Å²) in [6.45, 7) is 2.06. The molecule has 1 N–H and O–H groups in total. The average Bonchev–Trinajstić information content (AvgIpc) is 3.12. The molecular weight excluding hydrogens is 384 g/mol. The predicted octanol–water partition coefficient (Wildman–Crippen LogP) is 4.99. The Balaban J connectivity index is 1.64. The van der Waals surface area contributed by atoms with Gasteiger partial charge in [0.15, 0.2) is 5.65 Å². The Bertz CT molecular complexity index is 1330. The lowest BCUT2D eigenvalue weighted by atomic mass is 10.1. The number of hydrogen-bond acceptors (Lipinski definition) is 4. The van der Waals surface area contributed by atoms with Gasteiger partial charge < -0.3 is 5.11 Å². The number of aromatic hydroxyl groups is 1. The Morgan fingerprint density at radius 1 is 0.774 bits per heavy atom. The van der Waals surface area contributed by atoms with Gasteiger partial charge in [-0.15, -0.1) is 0 Å². The van der Waals surface area contributed by atoms with Crippen LogP contribution in [0.15, 0.2) is 85.3 Å². The van der Waals surface area contributed by atoms with Crippen LogP contribution in [0.4, 0.5) is 0 Å². The van der Waals surface area contributed by atoms with Crippen LogP contribution in [0.5, 0.6) is 5.88 Å². The highest BCUT2D eigenvalue weighted by Gasteiger charge is 2.18. The number of benzene rings is 2. The Morgan fingerprint density at radius 2 is 1.45 bits per heavy atom. The first-order chi connectivity index (χ1) is 15.2. The normalized spacial score (nSPS) is 11.1. The molecule has 0 atom stereocenters. The molecule has 0 saturated heterocycles. The molecule has 3 aromatic heterocycles. The summed E-state index contributed by atoms with van der Waals surface area (Å²) in [6.07, 6.45) is 6.52. The summed E-state index contributed by atoms with van der Waals surface area (Å²) in [4.78, 5) is 13.8. The maximum atomic E-state index is 11.0. The fourth-order valence-electron chi connectivity index (χ4n) is 3.73. The molecule has 0 unspecified atom stereocenters. The van der Waals surface area contributed by atoms with E-state index in [1.54, 1.807) is 16.8 Å². The molecule has 152 valence electrons. The van der Waals surface area contributed by atoms with Crippen LogP contribution >= 0.6 is 0 Å². The SMILES string of the molecule is Cc1ccc(Cc2nc3c(Cc4ccccc4)nc(-c4ccncc4)cn3c2O)cc1. The number of nitrogens with zero attached hydrogens (tertiary/aromatic N) is 4. The molecule has 2 aromatic carbocycles. The molecule has 0 radical (unpaired) electrons. The highest BCUT2D eigenvalue weighted by molar-refractivity contribution is 5.62. The Labute approximate surface area is 180 Å². The maximum absolute atomic E-state index is 11.0. The number of fused-ring (bicyclic) bond motifs is 1. The minimum Gasteiger partial charge on any atom is -0.493 e. The average molecular weight is 406 g/mol. The van der Waals surface area contributed by atoms with E-state index in [1.807, 2.05) is 36.5 Å². The molecule has 0 aliphatic heterocycles. The summed E-state index contributed by atoms with van der Waals surface area (Å²) in [5, 5.41) is 11.0. The zero-order chi connectivity index (χ0) is 21.2. The highest BCUT2D eigenvalue weighted by Crippen LogP contribution is 2.28. The monoisotopic (exact) mass is 406 g/mol. The van der Waals surface area contributed by atoms with Crippen LogP contribution in [0.1, 0.15) is 28.1 Å². The summed E-state index contributed by atoms with van der Waals surface area (Å²) in [6, 6.07) is 22.3. The van der Waals surface area contributed by atoms with E-state index in [4.69, 9.17) is 9.97 Å². The van der Waals surface area contributed by atoms with Gasteiger partial charge in [-0.2, -0.15) is 0 Å². The molecule has 5 nitrogen and oxygen atoms in total. The molecule has 0 bridgehead atoms. The van der Waals surface area contributed by atoms with Crippen molar-refractivity contribution < 1.29 is 5.11 Å². The van der Waals surface area contributed by atoms with Crippen molar-refractivity contribution in [3.63, 3.8) is 0 Å². The van der Waals surface area contributed by atoms with Gasteiger partial charge in [0.1, 0.15) is 5.69 Å². The van der Waals surface area contributed by atoms with Gasteiger partial charge in [-0.25, -0.2) is 9.97 Å². The molecule has 0 saturated carbocycles. The largest absolute Gasteiger partial charge is 0.493 e. The second kappa shape index (κ2) is 8.03. The van der Waals surface area contributed by atoms with Gasteiger partial charge in [0.2, 0.25) is 5.88 Å². The summed E-state index contributed by atoms with van der Waals surface area (Å²) in [7, 11) is 0. The number of imidazole rings is 1. The third-order valence-corrected chi connectivity index (χ3v) is 5.40. The van der Waals surface area contributed by atoms with E-state index in [0.717, 1.165) is 28.1 Å². The van der Waals surface area contributed by atoms with Crippen molar-refractivity contribution in [3.05, 3.63) is 113 Å². The number of rotatable bonds is 5. The molecule has 3 heterocycles. The van der Waals surface area contributed by atoms with Gasteiger partial charge in [0, 0.05) is 37.0 Å². The van der Waals surface area contributed by atoms with Crippen LogP contribution in [-0.2, 0) is 12.8 Å². The lowest BCUT2D eigenvalue weighted by Gasteiger charge is -2.08. The Hall–Kier alpha value is -3.99. The van der Waals surface area contributed by atoms with E-state index in [9.17, 15) is 5.11 Å². The molecule has 5 rings (SSSR count). The van der Waals surface area contributed by atoms with Crippen LogP contribution in [0.3, 0.4) is 0 Å². The molecule has 5 heteroatoms. The van der Waals surface area contributed by atoms with E-state index in [1.165, 1.54) is 5.56 Å². The van der Waals surface area contributed by atoms with Crippen LogP contribution in [0.2, 0.25) is 0 Å². The molecule has 0 fully saturated rings. The second-order valence-electron chi connectivity index (χ2n) is 7.71. The minimum atomic E-state index is 0.155. The van der Waals surface area contributed by atoms with Crippen molar-refractivity contribution in [2.75, 3.05) is 0 Å². The van der Waals surface area contributed by atoms with Gasteiger partial charge in [-0.1, -0.05) is 60.2 Å². The summed E-state index contributed by atoms with van der Waals surface area (Å²) in [5.74, 6) is 0.155. The number of pyridine rings is 1. The van der Waals surface area contributed by atoms with E-state index in [-0.39, 0.29) is 5.88 Å². The number of aryl methyl sites for hydroxylation is 1. The first-order valence-corrected chi connectivity index (χ1v) is 10.3. The molecule has 0 aliphatic carbocycles. The first kappa shape index (κ1) is 19.0. The topological polar surface area (TPSA) is 63.3 Å². The molecular formula is C26H22N4O. The summed E-state index contributed by atoms with van der Waals surface area (Å²) >= 11 is 0. The molecule has 5 aromatic rings. The van der Waals surface area contributed by atoms with Gasteiger partial charge >= 0.3 is 0 Å². The van der Waals surface area contributed by atoms with E-state index >= 15 is 0 Å². The number of hydrogen-bond donors (Lipinski definition) is 1. The van der Waals surface area contributed by atoms with Gasteiger partial charge in [-0.3, -0.25) is 9.38 Å². The third kappa shape index (κ3) is 3.90. The van der Waals surface area contributed by atoms with Crippen molar-refractivity contribution in [2.45, 2.75) is 19.8 Å². The zero-order valence-electron chi connectivity index (χ0n) is 17.2. The van der Waals surface area contributed by atoms with Crippen molar-refractivity contribution in [3.8, 4) is 17.1 Å². The molecule has 0 spiro atoms. The van der Waals surface area contributed by atoms with Crippen LogP contribution in [-0.4, -0.2) is 24.5 Å². The van der Waals surface area contributed by atoms with Crippen molar-refractivity contribution in [1.82, 2.24) is 19.4 Å². The standard InChI is InChI=1S/C26H22N4O/c1-18-7-9-20(10-8-18)16-23-26(31)30-17-24(21-11-13-27-14-12-21)28-22(25(30)29-23)15-19-5-3-2-4-6-19/h2-14,17,31H,15-16H2,1H3.